The van der Waals surface area contributed by atoms with E-state index in [2.05, 4.69) is 15.6 Å². The summed E-state index contributed by atoms with van der Waals surface area (Å²) in [7, 11) is 0. The van der Waals surface area contributed by atoms with E-state index < -0.39 is 11.7 Å². The molecule has 2 aromatic carbocycles. The monoisotopic (exact) mass is 339 g/mol. The Morgan fingerprint density at radius 3 is 2.58 bits per heavy atom. The number of carbonyl (C=O) groups is 1. The minimum atomic E-state index is -0.401. The summed E-state index contributed by atoms with van der Waals surface area (Å²) in [5.41, 5.74) is 2.85. The van der Waals surface area contributed by atoms with Crippen molar-refractivity contribution in [1.82, 2.24) is 10.3 Å². The quantitative estimate of drug-likeness (QED) is 0.697. The number of anilines is 1. The topological polar surface area (TPSA) is 54.0 Å². The number of benzene rings is 2. The molecular weight excluding hydrogens is 325 g/mol. The number of aryl methyl sites for hydroxylation is 1. The van der Waals surface area contributed by atoms with Gasteiger partial charge in [0.2, 0.25) is 0 Å². The van der Waals surface area contributed by atoms with Crippen LogP contribution in [0.5, 0.6) is 0 Å². The fourth-order valence-corrected chi connectivity index (χ4v) is 2.50. The summed E-state index contributed by atoms with van der Waals surface area (Å²) in [5.74, 6) is -0.799. The van der Waals surface area contributed by atoms with E-state index in [1.165, 1.54) is 24.3 Å². The summed E-state index contributed by atoms with van der Waals surface area (Å²) in [6, 6.07) is 14.7. The summed E-state index contributed by atoms with van der Waals surface area (Å²) in [4.78, 5) is 16.5. The van der Waals surface area contributed by atoms with E-state index in [1.54, 1.807) is 0 Å². The number of halogens is 1. The third-order valence-corrected chi connectivity index (χ3v) is 3.66. The fourth-order valence-electron chi connectivity index (χ4n) is 2.30. The number of amides is 1. The van der Waals surface area contributed by atoms with Crippen molar-refractivity contribution in [3.63, 3.8) is 0 Å². The first-order valence-electron chi connectivity index (χ1n) is 7.27. The van der Waals surface area contributed by atoms with Crippen LogP contribution in [0, 0.1) is 12.7 Å². The maximum atomic E-state index is 12.9. The van der Waals surface area contributed by atoms with E-state index in [0.29, 0.717) is 5.56 Å². The average Bonchev–Trinajstić information content (AvgIpc) is 2.55. The van der Waals surface area contributed by atoms with Crippen LogP contribution in [0.3, 0.4) is 0 Å². The van der Waals surface area contributed by atoms with Crippen molar-refractivity contribution in [2.45, 2.75) is 6.92 Å². The molecule has 0 radical (unpaired) electrons. The number of hydrogen-bond donors (Lipinski definition) is 2. The zero-order valence-electron chi connectivity index (χ0n) is 12.8. The molecule has 0 bridgehead atoms. The van der Waals surface area contributed by atoms with Gasteiger partial charge in [-0.3, -0.25) is 15.1 Å². The highest BCUT2D eigenvalue weighted by molar-refractivity contribution is 7.80. The Kier molecular flexibility index (Phi) is 4.48. The molecule has 3 aromatic rings. The van der Waals surface area contributed by atoms with Crippen LogP contribution in [0.1, 0.15) is 16.1 Å². The largest absolute Gasteiger partial charge is 0.332 e. The van der Waals surface area contributed by atoms with Gasteiger partial charge in [-0.25, -0.2) is 4.39 Å². The molecule has 6 heteroatoms. The first-order valence-corrected chi connectivity index (χ1v) is 7.68. The minimum Gasteiger partial charge on any atom is -0.332 e. The highest BCUT2D eigenvalue weighted by atomic mass is 32.1. The van der Waals surface area contributed by atoms with Crippen molar-refractivity contribution in [1.29, 1.82) is 0 Å². The second-order valence-corrected chi connectivity index (χ2v) is 5.65. The number of carbonyl (C=O) groups excluding carboxylic acids is 1. The lowest BCUT2D eigenvalue weighted by molar-refractivity contribution is 0.0977. The van der Waals surface area contributed by atoms with Crippen LogP contribution in [0.25, 0.3) is 10.9 Å². The van der Waals surface area contributed by atoms with Crippen LogP contribution in [0.2, 0.25) is 0 Å². The Labute approximate surface area is 143 Å². The zero-order chi connectivity index (χ0) is 17.1. The van der Waals surface area contributed by atoms with Gasteiger partial charge in [0.25, 0.3) is 5.91 Å². The number of hydrogen-bond acceptors (Lipinski definition) is 3. The van der Waals surface area contributed by atoms with Gasteiger partial charge in [0.15, 0.2) is 5.11 Å². The Morgan fingerprint density at radius 2 is 1.83 bits per heavy atom. The van der Waals surface area contributed by atoms with Crippen LogP contribution in [0.15, 0.2) is 54.6 Å². The zero-order valence-corrected chi connectivity index (χ0v) is 13.7. The number of pyridine rings is 1. The van der Waals surface area contributed by atoms with Gasteiger partial charge in [0.05, 0.1) is 5.52 Å². The molecule has 0 aliphatic heterocycles. The van der Waals surface area contributed by atoms with Crippen molar-refractivity contribution in [3.05, 3.63) is 71.7 Å². The van der Waals surface area contributed by atoms with Crippen LogP contribution < -0.4 is 10.6 Å². The number of rotatable bonds is 2. The third-order valence-electron chi connectivity index (χ3n) is 3.45. The van der Waals surface area contributed by atoms with Gasteiger partial charge in [0.1, 0.15) is 5.82 Å². The molecule has 120 valence electrons. The maximum absolute atomic E-state index is 12.9. The number of nitrogens with one attached hydrogen (secondary N) is 2. The molecule has 0 saturated carbocycles. The smallest absolute Gasteiger partial charge is 0.257 e. The molecular formula is C18H14FN3OS. The van der Waals surface area contributed by atoms with E-state index in [9.17, 15) is 9.18 Å². The summed E-state index contributed by atoms with van der Waals surface area (Å²) in [5, 5.41) is 6.65. The van der Waals surface area contributed by atoms with Crippen LogP contribution >= 0.6 is 12.2 Å². The third kappa shape index (κ3) is 3.55. The average molecular weight is 339 g/mol. The first kappa shape index (κ1) is 16.0. The second-order valence-electron chi connectivity index (χ2n) is 5.24. The van der Waals surface area contributed by atoms with Crippen LogP contribution in [-0.2, 0) is 0 Å². The Hall–Kier alpha value is -2.86. The molecule has 24 heavy (non-hydrogen) atoms. The van der Waals surface area contributed by atoms with Gasteiger partial charge in [-0.05, 0) is 67.7 Å². The highest BCUT2D eigenvalue weighted by Gasteiger charge is 2.09. The molecule has 4 nitrogen and oxygen atoms in total. The first-order chi connectivity index (χ1) is 11.5. The Balaban J connectivity index is 1.75. The van der Waals surface area contributed by atoms with Crippen LogP contribution in [0.4, 0.5) is 10.1 Å². The predicted molar refractivity (Wildman–Crippen MR) is 96.6 cm³/mol. The van der Waals surface area contributed by atoms with Crippen molar-refractivity contribution >= 4 is 39.8 Å². The van der Waals surface area contributed by atoms with Crippen LogP contribution in [-0.4, -0.2) is 16.0 Å². The van der Waals surface area contributed by atoms with Crippen molar-refractivity contribution in [2.24, 2.45) is 0 Å². The molecule has 0 atom stereocenters. The van der Waals surface area contributed by atoms with Gasteiger partial charge >= 0.3 is 0 Å². The molecule has 1 heterocycles. The normalized spacial score (nSPS) is 10.4. The molecule has 0 aliphatic carbocycles. The van der Waals surface area contributed by atoms with Gasteiger partial charge in [0, 0.05) is 22.3 Å². The molecule has 3 rings (SSSR count). The summed E-state index contributed by atoms with van der Waals surface area (Å²) >= 11 is 5.19. The van der Waals surface area contributed by atoms with Gasteiger partial charge in [-0.2, -0.15) is 0 Å². The van der Waals surface area contributed by atoms with Crippen molar-refractivity contribution in [2.75, 3.05) is 5.32 Å². The van der Waals surface area contributed by atoms with E-state index in [0.717, 1.165) is 22.3 Å². The Bertz CT molecular complexity index is 925. The molecule has 2 N–H and O–H groups in total. The summed E-state index contributed by atoms with van der Waals surface area (Å²) in [6.45, 7) is 1.92. The number of fused-ring (bicyclic) bond motifs is 1. The lowest BCUT2D eigenvalue weighted by atomic mass is 10.1. The highest BCUT2D eigenvalue weighted by Crippen LogP contribution is 2.22. The number of nitrogens with zero attached hydrogens (tertiary/aromatic N) is 1. The van der Waals surface area contributed by atoms with E-state index in [1.807, 2.05) is 37.3 Å². The molecule has 0 spiro atoms. The van der Waals surface area contributed by atoms with E-state index in [4.69, 9.17) is 12.2 Å². The predicted octanol–water partition coefficient (Wildman–Crippen LogP) is 3.81. The molecule has 0 saturated heterocycles. The lowest BCUT2D eigenvalue weighted by Crippen LogP contribution is -2.34. The summed E-state index contributed by atoms with van der Waals surface area (Å²) < 4.78 is 12.9. The second kappa shape index (κ2) is 6.72. The SMILES string of the molecule is Cc1ccc2c(NC(=S)NC(=O)c3ccc(F)cc3)cccc2n1. The molecule has 1 aromatic heterocycles. The Morgan fingerprint density at radius 1 is 1.08 bits per heavy atom. The molecule has 0 aliphatic rings. The lowest BCUT2D eigenvalue weighted by Gasteiger charge is -2.12. The van der Waals surface area contributed by atoms with Crippen molar-refractivity contribution in [3.8, 4) is 0 Å². The fraction of sp³-hybridized carbons (Fsp3) is 0.0556. The number of aromatic nitrogens is 1. The summed E-state index contributed by atoms with van der Waals surface area (Å²) in [6.07, 6.45) is 0. The molecule has 0 unspecified atom stereocenters. The molecule has 0 fully saturated rings. The van der Waals surface area contributed by atoms with Gasteiger partial charge < -0.3 is 5.32 Å². The van der Waals surface area contributed by atoms with Crippen molar-refractivity contribution < 1.29 is 9.18 Å². The van der Waals surface area contributed by atoms with Gasteiger partial charge in [-0.1, -0.05) is 6.07 Å². The number of thiocarbonyl (C=S) groups is 1. The minimum absolute atomic E-state index is 0.164. The maximum Gasteiger partial charge on any atom is 0.257 e. The standard InChI is InChI=1S/C18H14FN3OS/c1-11-5-10-14-15(20-11)3-2-4-16(14)21-18(24)22-17(23)12-6-8-13(19)9-7-12/h2-10H,1H3,(H2,21,22,23,24). The molecule has 1 amide bonds. The van der Waals surface area contributed by atoms with Gasteiger partial charge in [-0.15, -0.1) is 0 Å². The van der Waals surface area contributed by atoms with E-state index >= 15 is 0 Å². The van der Waals surface area contributed by atoms with E-state index in [-0.39, 0.29) is 5.11 Å².